The summed E-state index contributed by atoms with van der Waals surface area (Å²) in [5, 5.41) is 9.68. The van der Waals surface area contributed by atoms with Crippen LogP contribution in [-0.2, 0) is 5.41 Å². The molecule has 1 saturated carbocycles. The van der Waals surface area contributed by atoms with Crippen LogP contribution in [0.3, 0.4) is 0 Å². The quantitative estimate of drug-likeness (QED) is 0.468. The number of halogens is 1. The predicted molar refractivity (Wildman–Crippen MR) is 106 cm³/mol. The van der Waals surface area contributed by atoms with Gasteiger partial charge in [0.05, 0.1) is 5.41 Å². The third-order valence-electron chi connectivity index (χ3n) is 5.22. The number of hydrogen-bond acceptors (Lipinski definition) is 3. The molecule has 5 heteroatoms. The van der Waals surface area contributed by atoms with Gasteiger partial charge in [0.2, 0.25) is 5.65 Å². The lowest BCUT2D eigenvalue weighted by Crippen LogP contribution is -2.13. The number of nitrogens with zero attached hydrogens (tertiary/aromatic N) is 3. The molecule has 27 heavy (non-hydrogen) atoms. The fraction of sp³-hybridized carbons (Fsp3) is 0.182. The van der Waals surface area contributed by atoms with Crippen LogP contribution in [0.2, 0.25) is 5.02 Å². The van der Waals surface area contributed by atoms with Crippen LogP contribution in [0.1, 0.15) is 29.8 Å². The molecule has 2 aromatic carbocycles. The second-order valence-corrected chi connectivity index (χ2v) is 7.53. The van der Waals surface area contributed by atoms with Gasteiger partial charge in [-0.2, -0.15) is 0 Å². The number of aromatic nitrogens is 3. The highest BCUT2D eigenvalue weighted by atomic mass is 35.5. The van der Waals surface area contributed by atoms with E-state index in [0.29, 0.717) is 10.8 Å². The number of aryl methyl sites for hydroxylation is 1. The maximum atomic E-state index is 6.03. The molecule has 0 spiro atoms. The van der Waals surface area contributed by atoms with Crippen molar-refractivity contribution in [2.24, 2.45) is 0 Å². The Hall–Kier alpha value is -2.85. The summed E-state index contributed by atoms with van der Waals surface area (Å²) in [5.74, 6) is 2.37. The summed E-state index contributed by atoms with van der Waals surface area (Å²) in [7, 11) is 0. The average molecular weight is 376 g/mol. The van der Waals surface area contributed by atoms with Crippen molar-refractivity contribution in [3.63, 3.8) is 0 Å². The fourth-order valence-electron chi connectivity index (χ4n) is 3.57. The van der Waals surface area contributed by atoms with Gasteiger partial charge >= 0.3 is 0 Å². The van der Waals surface area contributed by atoms with Gasteiger partial charge in [-0.05, 0) is 61.7 Å². The lowest BCUT2D eigenvalue weighted by atomic mass is 9.94. The molecule has 1 aliphatic rings. The molecule has 134 valence electrons. The van der Waals surface area contributed by atoms with Gasteiger partial charge in [0.15, 0.2) is 5.75 Å². The topological polar surface area (TPSA) is 39.4 Å². The molecule has 4 nitrogen and oxygen atoms in total. The van der Waals surface area contributed by atoms with Crippen molar-refractivity contribution in [2.45, 2.75) is 25.2 Å². The Balaban J connectivity index is 1.56. The Morgan fingerprint density at radius 1 is 0.963 bits per heavy atom. The molecule has 0 radical (unpaired) electrons. The van der Waals surface area contributed by atoms with Crippen molar-refractivity contribution in [1.82, 2.24) is 14.6 Å². The molecule has 0 aliphatic heterocycles. The molecule has 0 N–H and O–H groups in total. The first-order chi connectivity index (χ1) is 13.2. The minimum atomic E-state index is -0.0496. The monoisotopic (exact) mass is 375 g/mol. The minimum absolute atomic E-state index is 0.0496. The SMILES string of the molecule is Cc1ccc(C2(c3nnc4c(Oc5ccc(Cl)cc5)cccn34)CC2)cc1. The molecule has 2 heterocycles. The van der Waals surface area contributed by atoms with Gasteiger partial charge in [-0.25, -0.2) is 0 Å². The van der Waals surface area contributed by atoms with Crippen LogP contribution >= 0.6 is 11.6 Å². The van der Waals surface area contributed by atoms with Crippen LogP contribution in [-0.4, -0.2) is 14.6 Å². The van der Waals surface area contributed by atoms with E-state index in [9.17, 15) is 0 Å². The molecule has 2 aromatic heterocycles. The van der Waals surface area contributed by atoms with Crippen molar-refractivity contribution in [1.29, 1.82) is 0 Å². The predicted octanol–water partition coefficient (Wildman–Crippen LogP) is 5.56. The van der Waals surface area contributed by atoms with Crippen molar-refractivity contribution in [3.05, 3.63) is 88.8 Å². The summed E-state index contributed by atoms with van der Waals surface area (Å²) < 4.78 is 8.09. The van der Waals surface area contributed by atoms with Crippen LogP contribution < -0.4 is 4.74 Å². The second-order valence-electron chi connectivity index (χ2n) is 7.09. The number of benzene rings is 2. The maximum absolute atomic E-state index is 6.03. The van der Waals surface area contributed by atoms with E-state index in [0.717, 1.165) is 30.1 Å². The van der Waals surface area contributed by atoms with Gasteiger partial charge in [-0.3, -0.25) is 4.40 Å². The molecule has 4 aromatic rings. The van der Waals surface area contributed by atoms with Gasteiger partial charge in [-0.15, -0.1) is 10.2 Å². The number of rotatable bonds is 4. The standard InChI is InChI=1S/C22H18ClN3O/c1-15-4-6-16(7-5-15)22(12-13-22)21-25-24-20-19(3-2-14-26(20)21)27-18-10-8-17(23)9-11-18/h2-11,14H,12-13H2,1H3. The Morgan fingerprint density at radius 3 is 2.41 bits per heavy atom. The van der Waals surface area contributed by atoms with E-state index in [1.165, 1.54) is 11.1 Å². The Kier molecular flexibility index (Phi) is 3.69. The largest absolute Gasteiger partial charge is 0.453 e. The van der Waals surface area contributed by atoms with Crippen LogP contribution in [0, 0.1) is 6.92 Å². The lowest BCUT2D eigenvalue weighted by molar-refractivity contribution is 0.484. The van der Waals surface area contributed by atoms with Crippen molar-refractivity contribution < 1.29 is 4.74 Å². The zero-order valence-electron chi connectivity index (χ0n) is 14.9. The van der Waals surface area contributed by atoms with E-state index in [-0.39, 0.29) is 5.41 Å². The zero-order valence-corrected chi connectivity index (χ0v) is 15.6. The third-order valence-corrected chi connectivity index (χ3v) is 5.47. The summed E-state index contributed by atoms with van der Waals surface area (Å²) in [6, 6.07) is 19.9. The van der Waals surface area contributed by atoms with Crippen LogP contribution in [0.5, 0.6) is 11.5 Å². The Labute approximate surface area is 162 Å². The average Bonchev–Trinajstić information content (AvgIpc) is 3.36. The van der Waals surface area contributed by atoms with Crippen LogP contribution in [0.4, 0.5) is 0 Å². The first-order valence-electron chi connectivity index (χ1n) is 9.01. The van der Waals surface area contributed by atoms with E-state index in [1.807, 2.05) is 42.6 Å². The number of ether oxygens (including phenoxy) is 1. The first kappa shape index (κ1) is 16.3. The van der Waals surface area contributed by atoms with Gasteiger partial charge in [0.1, 0.15) is 11.6 Å². The minimum Gasteiger partial charge on any atom is -0.453 e. The molecular weight excluding hydrogens is 358 g/mol. The molecule has 1 fully saturated rings. The smallest absolute Gasteiger partial charge is 0.203 e. The second kappa shape index (κ2) is 6.10. The molecule has 0 unspecified atom stereocenters. The number of pyridine rings is 1. The van der Waals surface area contributed by atoms with Gasteiger partial charge in [0, 0.05) is 11.2 Å². The van der Waals surface area contributed by atoms with Crippen LogP contribution in [0.25, 0.3) is 5.65 Å². The summed E-state index contributed by atoms with van der Waals surface area (Å²) in [6.45, 7) is 2.11. The molecule has 0 amide bonds. The highest BCUT2D eigenvalue weighted by Gasteiger charge is 2.49. The Morgan fingerprint density at radius 2 is 1.70 bits per heavy atom. The lowest BCUT2D eigenvalue weighted by Gasteiger charge is -2.14. The highest BCUT2D eigenvalue weighted by Crippen LogP contribution is 2.53. The summed E-state index contributed by atoms with van der Waals surface area (Å²) in [4.78, 5) is 0. The van der Waals surface area contributed by atoms with E-state index >= 15 is 0 Å². The fourth-order valence-corrected chi connectivity index (χ4v) is 3.69. The van der Waals surface area contributed by atoms with E-state index in [1.54, 1.807) is 0 Å². The normalized spacial score (nSPS) is 15.0. The van der Waals surface area contributed by atoms with Gasteiger partial charge in [-0.1, -0.05) is 41.4 Å². The van der Waals surface area contributed by atoms with E-state index < -0.39 is 0 Å². The van der Waals surface area contributed by atoms with Crippen molar-refractivity contribution in [2.75, 3.05) is 0 Å². The summed E-state index contributed by atoms with van der Waals surface area (Å²) >= 11 is 5.96. The molecule has 0 bridgehead atoms. The van der Waals surface area contributed by atoms with Crippen molar-refractivity contribution in [3.8, 4) is 11.5 Å². The van der Waals surface area contributed by atoms with Gasteiger partial charge in [0.25, 0.3) is 0 Å². The molecular formula is C22H18ClN3O. The molecule has 0 atom stereocenters. The summed E-state index contributed by atoms with van der Waals surface area (Å²) in [6.07, 6.45) is 4.17. The van der Waals surface area contributed by atoms with E-state index in [2.05, 4.69) is 45.8 Å². The van der Waals surface area contributed by atoms with Gasteiger partial charge < -0.3 is 4.74 Å². The zero-order chi connectivity index (χ0) is 18.4. The molecule has 0 saturated heterocycles. The summed E-state index contributed by atoms with van der Waals surface area (Å²) in [5.41, 5.74) is 3.23. The Bertz CT molecular complexity index is 1110. The van der Waals surface area contributed by atoms with Crippen molar-refractivity contribution >= 4 is 17.2 Å². The third kappa shape index (κ3) is 2.77. The van der Waals surface area contributed by atoms with E-state index in [4.69, 9.17) is 16.3 Å². The molecule has 5 rings (SSSR count). The highest BCUT2D eigenvalue weighted by molar-refractivity contribution is 6.30. The maximum Gasteiger partial charge on any atom is 0.203 e. The molecule has 1 aliphatic carbocycles. The number of hydrogen-bond donors (Lipinski definition) is 0. The number of fused-ring (bicyclic) bond motifs is 1. The first-order valence-corrected chi connectivity index (χ1v) is 9.38. The van der Waals surface area contributed by atoms with Crippen LogP contribution in [0.15, 0.2) is 66.9 Å².